The van der Waals surface area contributed by atoms with Crippen LogP contribution < -0.4 is 5.32 Å². The first-order valence-corrected chi connectivity index (χ1v) is 6.40. The van der Waals surface area contributed by atoms with Gasteiger partial charge < -0.3 is 10.4 Å². The molecule has 0 spiro atoms. The fourth-order valence-corrected chi connectivity index (χ4v) is 2.23. The summed E-state index contributed by atoms with van der Waals surface area (Å²) >= 11 is 0. The van der Waals surface area contributed by atoms with Gasteiger partial charge in [-0.25, -0.2) is 4.39 Å². The van der Waals surface area contributed by atoms with Crippen molar-refractivity contribution < 1.29 is 19.1 Å². The largest absolute Gasteiger partial charge is 0.480 e. The Bertz CT molecular complexity index is 501. The molecule has 1 aromatic rings. The Hall–Kier alpha value is -2.02. The molecule has 108 valence electrons. The quantitative estimate of drug-likeness (QED) is 0.839. The van der Waals surface area contributed by atoms with E-state index in [2.05, 4.69) is 10.3 Å². The van der Waals surface area contributed by atoms with Gasteiger partial charge in [0.25, 0.3) is 5.91 Å². The number of carboxylic acid groups (broad SMARTS) is 1. The summed E-state index contributed by atoms with van der Waals surface area (Å²) in [5, 5.41) is 11.5. The van der Waals surface area contributed by atoms with Gasteiger partial charge in [0.15, 0.2) is 0 Å². The molecule has 1 aromatic heterocycles. The number of carbonyl (C=O) groups is 2. The first-order chi connectivity index (χ1) is 9.54. The molecule has 20 heavy (non-hydrogen) atoms. The lowest BCUT2D eigenvalue weighted by Crippen LogP contribution is -2.45. The van der Waals surface area contributed by atoms with Gasteiger partial charge in [-0.2, -0.15) is 0 Å². The SMILES string of the molecule is O=C(O)CN1CCC(NC(=O)c2cncc(F)c2)CC1. The van der Waals surface area contributed by atoms with E-state index in [0.29, 0.717) is 25.9 Å². The standard InChI is InChI=1S/C13H16FN3O3/c14-10-5-9(6-15-7-10)13(20)16-11-1-3-17(4-2-11)8-12(18)19/h5-7,11H,1-4,8H2,(H,16,20)(H,18,19). The number of rotatable bonds is 4. The van der Waals surface area contributed by atoms with E-state index in [1.807, 2.05) is 4.90 Å². The second-order valence-electron chi connectivity index (χ2n) is 4.81. The molecule has 2 heterocycles. The van der Waals surface area contributed by atoms with Gasteiger partial charge in [-0.3, -0.25) is 19.5 Å². The minimum atomic E-state index is -0.849. The molecule has 1 aliphatic rings. The van der Waals surface area contributed by atoms with Gasteiger partial charge in [-0.15, -0.1) is 0 Å². The number of aliphatic carboxylic acids is 1. The van der Waals surface area contributed by atoms with Crippen LogP contribution in [0.2, 0.25) is 0 Å². The van der Waals surface area contributed by atoms with Crippen LogP contribution in [-0.4, -0.2) is 52.5 Å². The zero-order valence-corrected chi connectivity index (χ0v) is 10.9. The molecule has 2 N–H and O–H groups in total. The van der Waals surface area contributed by atoms with Crippen LogP contribution in [0.3, 0.4) is 0 Å². The van der Waals surface area contributed by atoms with E-state index < -0.39 is 11.8 Å². The summed E-state index contributed by atoms with van der Waals surface area (Å²) in [6.07, 6.45) is 3.72. The molecule has 1 saturated heterocycles. The maximum Gasteiger partial charge on any atom is 0.317 e. The van der Waals surface area contributed by atoms with Gasteiger partial charge in [-0.1, -0.05) is 0 Å². The van der Waals surface area contributed by atoms with Crippen molar-refractivity contribution in [3.63, 3.8) is 0 Å². The maximum absolute atomic E-state index is 13.0. The highest BCUT2D eigenvalue weighted by Crippen LogP contribution is 2.11. The van der Waals surface area contributed by atoms with Gasteiger partial charge in [0.1, 0.15) is 5.82 Å². The first-order valence-electron chi connectivity index (χ1n) is 6.40. The van der Waals surface area contributed by atoms with Crippen LogP contribution >= 0.6 is 0 Å². The van der Waals surface area contributed by atoms with Crippen molar-refractivity contribution in [2.24, 2.45) is 0 Å². The summed E-state index contributed by atoms with van der Waals surface area (Å²) < 4.78 is 13.0. The Morgan fingerprint density at radius 1 is 1.40 bits per heavy atom. The Labute approximate surface area is 115 Å². The van der Waals surface area contributed by atoms with Crippen LogP contribution in [0.15, 0.2) is 18.5 Å². The topological polar surface area (TPSA) is 82.5 Å². The number of nitrogens with one attached hydrogen (secondary N) is 1. The van der Waals surface area contributed by atoms with E-state index in [0.717, 1.165) is 12.3 Å². The lowest BCUT2D eigenvalue weighted by atomic mass is 10.0. The lowest BCUT2D eigenvalue weighted by Gasteiger charge is -2.31. The summed E-state index contributed by atoms with van der Waals surface area (Å²) in [6, 6.07) is 1.12. The van der Waals surface area contributed by atoms with Crippen LogP contribution in [0.1, 0.15) is 23.2 Å². The summed E-state index contributed by atoms with van der Waals surface area (Å²) in [7, 11) is 0. The number of nitrogens with zero attached hydrogens (tertiary/aromatic N) is 2. The number of likely N-dealkylation sites (tertiary alicyclic amines) is 1. The third-order valence-corrected chi connectivity index (χ3v) is 3.25. The van der Waals surface area contributed by atoms with E-state index in [9.17, 15) is 14.0 Å². The third kappa shape index (κ3) is 3.99. The number of carboxylic acids is 1. The van der Waals surface area contributed by atoms with Crippen molar-refractivity contribution in [3.05, 3.63) is 29.8 Å². The summed E-state index contributed by atoms with van der Waals surface area (Å²) in [5.74, 6) is -1.75. The van der Waals surface area contributed by atoms with E-state index in [4.69, 9.17) is 5.11 Å². The average Bonchev–Trinajstić information content (AvgIpc) is 2.40. The van der Waals surface area contributed by atoms with Crippen molar-refractivity contribution in [1.82, 2.24) is 15.2 Å². The van der Waals surface area contributed by atoms with Gasteiger partial charge in [0.05, 0.1) is 18.3 Å². The van der Waals surface area contributed by atoms with Crippen molar-refractivity contribution >= 4 is 11.9 Å². The molecule has 0 saturated carbocycles. The molecule has 0 unspecified atom stereocenters. The smallest absolute Gasteiger partial charge is 0.317 e. The Morgan fingerprint density at radius 2 is 2.10 bits per heavy atom. The van der Waals surface area contributed by atoms with Gasteiger partial charge in [0.2, 0.25) is 0 Å². The Morgan fingerprint density at radius 3 is 2.70 bits per heavy atom. The molecule has 0 bridgehead atoms. The number of amides is 1. The van der Waals surface area contributed by atoms with Gasteiger partial charge in [-0.05, 0) is 18.9 Å². The molecular weight excluding hydrogens is 265 g/mol. The Balaban J connectivity index is 1.83. The molecular formula is C13H16FN3O3. The van der Waals surface area contributed by atoms with E-state index in [-0.39, 0.29) is 24.1 Å². The number of pyridine rings is 1. The third-order valence-electron chi connectivity index (χ3n) is 3.25. The van der Waals surface area contributed by atoms with Crippen LogP contribution in [0.5, 0.6) is 0 Å². The van der Waals surface area contributed by atoms with E-state index >= 15 is 0 Å². The normalized spacial score (nSPS) is 16.9. The number of piperidine rings is 1. The average molecular weight is 281 g/mol. The van der Waals surface area contributed by atoms with E-state index in [1.54, 1.807) is 0 Å². The maximum atomic E-state index is 13.0. The molecule has 7 heteroatoms. The lowest BCUT2D eigenvalue weighted by molar-refractivity contribution is -0.138. The molecule has 1 aliphatic heterocycles. The Kier molecular flexibility index (Phi) is 4.62. The van der Waals surface area contributed by atoms with Crippen molar-refractivity contribution in [1.29, 1.82) is 0 Å². The van der Waals surface area contributed by atoms with Crippen LogP contribution in [0, 0.1) is 5.82 Å². The van der Waals surface area contributed by atoms with Crippen LogP contribution in [0.25, 0.3) is 0 Å². The molecule has 1 fully saturated rings. The molecule has 0 radical (unpaired) electrons. The second kappa shape index (κ2) is 6.42. The molecule has 6 nitrogen and oxygen atoms in total. The minimum absolute atomic E-state index is 0.0178. The number of halogens is 1. The predicted octanol–water partition coefficient (Wildman–Crippen LogP) is 0.500. The van der Waals surface area contributed by atoms with E-state index in [1.165, 1.54) is 6.20 Å². The zero-order chi connectivity index (χ0) is 14.5. The fraction of sp³-hybridized carbons (Fsp3) is 0.462. The second-order valence-corrected chi connectivity index (χ2v) is 4.81. The van der Waals surface area contributed by atoms with Crippen molar-refractivity contribution in [2.75, 3.05) is 19.6 Å². The van der Waals surface area contributed by atoms with Crippen molar-refractivity contribution in [2.45, 2.75) is 18.9 Å². The minimum Gasteiger partial charge on any atom is -0.480 e. The molecule has 1 amide bonds. The summed E-state index contributed by atoms with van der Waals surface area (Å²) in [6.45, 7) is 1.27. The zero-order valence-electron chi connectivity index (χ0n) is 10.9. The fourth-order valence-electron chi connectivity index (χ4n) is 2.23. The number of carbonyl (C=O) groups excluding carboxylic acids is 1. The number of hydrogen-bond donors (Lipinski definition) is 2. The molecule has 0 atom stereocenters. The van der Waals surface area contributed by atoms with Crippen LogP contribution in [-0.2, 0) is 4.79 Å². The predicted molar refractivity (Wildman–Crippen MR) is 68.8 cm³/mol. The molecule has 2 rings (SSSR count). The van der Waals surface area contributed by atoms with Gasteiger partial charge in [0, 0.05) is 25.3 Å². The highest BCUT2D eigenvalue weighted by atomic mass is 19.1. The van der Waals surface area contributed by atoms with Crippen molar-refractivity contribution in [3.8, 4) is 0 Å². The number of hydrogen-bond acceptors (Lipinski definition) is 4. The summed E-state index contributed by atoms with van der Waals surface area (Å²) in [4.78, 5) is 28.0. The first kappa shape index (κ1) is 14.4. The molecule has 0 aliphatic carbocycles. The summed E-state index contributed by atoms with van der Waals surface area (Å²) in [5.41, 5.74) is 0.193. The molecule has 0 aromatic carbocycles. The highest BCUT2D eigenvalue weighted by molar-refractivity contribution is 5.94. The monoisotopic (exact) mass is 281 g/mol. The van der Waals surface area contributed by atoms with Crippen LogP contribution in [0.4, 0.5) is 4.39 Å². The van der Waals surface area contributed by atoms with Gasteiger partial charge >= 0.3 is 5.97 Å². The highest BCUT2D eigenvalue weighted by Gasteiger charge is 2.22. The number of aromatic nitrogens is 1.